The Morgan fingerprint density at radius 3 is 3.00 bits per heavy atom. The summed E-state index contributed by atoms with van der Waals surface area (Å²) in [5.74, 6) is 0. The van der Waals surface area contributed by atoms with Crippen LogP contribution in [0.5, 0.6) is 0 Å². The second-order valence-electron chi connectivity index (χ2n) is 5.70. The van der Waals surface area contributed by atoms with Crippen LogP contribution in [0.4, 0.5) is 5.69 Å². The number of anilines is 1. The van der Waals surface area contributed by atoms with E-state index in [9.17, 15) is 4.79 Å². The zero-order valence-electron chi connectivity index (χ0n) is 13.2. The van der Waals surface area contributed by atoms with Crippen molar-refractivity contribution in [2.45, 2.75) is 44.9 Å². The van der Waals surface area contributed by atoms with Crippen LogP contribution in [0.1, 0.15) is 26.2 Å². The molecule has 6 nitrogen and oxygen atoms in total. The van der Waals surface area contributed by atoms with Gasteiger partial charge in [-0.25, -0.2) is 4.68 Å². The number of nitrogens with one attached hydrogen (secondary N) is 1. The average molecular weight is 294 g/mol. The van der Waals surface area contributed by atoms with Gasteiger partial charge in [0, 0.05) is 38.9 Å². The largest absolute Gasteiger partial charge is 0.380 e. The first-order valence-electron chi connectivity index (χ1n) is 7.66. The summed E-state index contributed by atoms with van der Waals surface area (Å²) in [6, 6.07) is 2.16. The standard InChI is InChI=1S/C15H26N4O2/c1-12(16-2)5-4-7-19-15(20)9-13(10-17-19)18-8-6-14(11-18)21-3/h9-10,12,14,16H,4-8,11H2,1-3H3. The van der Waals surface area contributed by atoms with E-state index in [0.717, 1.165) is 38.0 Å². The number of aryl methyl sites for hydroxylation is 1. The molecular formula is C15H26N4O2. The predicted molar refractivity (Wildman–Crippen MR) is 83.9 cm³/mol. The highest BCUT2D eigenvalue weighted by atomic mass is 16.5. The fraction of sp³-hybridized carbons (Fsp3) is 0.733. The van der Waals surface area contributed by atoms with Gasteiger partial charge >= 0.3 is 0 Å². The smallest absolute Gasteiger partial charge is 0.268 e. The highest BCUT2D eigenvalue weighted by Crippen LogP contribution is 2.19. The third kappa shape index (κ3) is 4.28. The maximum atomic E-state index is 12.1. The quantitative estimate of drug-likeness (QED) is 0.808. The third-order valence-electron chi connectivity index (χ3n) is 4.20. The van der Waals surface area contributed by atoms with Crippen molar-refractivity contribution in [3.63, 3.8) is 0 Å². The van der Waals surface area contributed by atoms with Crippen LogP contribution in [0.15, 0.2) is 17.1 Å². The van der Waals surface area contributed by atoms with E-state index in [1.165, 1.54) is 0 Å². The van der Waals surface area contributed by atoms with Crippen molar-refractivity contribution in [2.24, 2.45) is 0 Å². The molecule has 1 aliphatic rings. The second kappa shape index (κ2) is 7.56. The van der Waals surface area contributed by atoms with Crippen LogP contribution < -0.4 is 15.8 Å². The Bertz CT molecular complexity index is 503. The second-order valence-corrected chi connectivity index (χ2v) is 5.70. The molecule has 1 fully saturated rings. The van der Waals surface area contributed by atoms with Gasteiger partial charge in [-0.15, -0.1) is 0 Å². The lowest BCUT2D eigenvalue weighted by Crippen LogP contribution is -2.28. The lowest BCUT2D eigenvalue weighted by atomic mass is 10.2. The molecule has 118 valence electrons. The Morgan fingerprint density at radius 2 is 2.38 bits per heavy atom. The molecule has 2 heterocycles. The molecule has 0 aliphatic carbocycles. The van der Waals surface area contributed by atoms with Gasteiger partial charge in [-0.1, -0.05) is 0 Å². The molecule has 0 bridgehead atoms. The van der Waals surface area contributed by atoms with E-state index in [-0.39, 0.29) is 11.7 Å². The molecule has 0 spiro atoms. The first-order chi connectivity index (χ1) is 10.1. The Kier molecular flexibility index (Phi) is 5.76. The fourth-order valence-corrected chi connectivity index (χ4v) is 2.61. The number of rotatable bonds is 7. The van der Waals surface area contributed by atoms with Gasteiger partial charge < -0.3 is 15.0 Å². The number of methoxy groups -OCH3 is 1. The normalized spacial score (nSPS) is 20.0. The molecule has 0 radical (unpaired) electrons. The van der Waals surface area contributed by atoms with Gasteiger partial charge in [-0.05, 0) is 33.2 Å². The van der Waals surface area contributed by atoms with Gasteiger partial charge in [0.2, 0.25) is 0 Å². The van der Waals surface area contributed by atoms with E-state index >= 15 is 0 Å². The minimum absolute atomic E-state index is 0.0227. The minimum atomic E-state index is -0.0227. The molecule has 0 amide bonds. The molecular weight excluding hydrogens is 268 g/mol. The molecule has 1 aromatic heterocycles. The molecule has 2 unspecified atom stereocenters. The molecule has 0 saturated carbocycles. The van der Waals surface area contributed by atoms with Gasteiger partial charge in [0.15, 0.2) is 0 Å². The highest BCUT2D eigenvalue weighted by molar-refractivity contribution is 5.44. The molecule has 2 rings (SSSR count). The van der Waals surface area contributed by atoms with Crippen molar-refractivity contribution < 1.29 is 4.74 Å². The van der Waals surface area contributed by atoms with Gasteiger partial charge in [0.25, 0.3) is 5.56 Å². The van der Waals surface area contributed by atoms with E-state index < -0.39 is 0 Å². The molecule has 1 aliphatic heterocycles. The van der Waals surface area contributed by atoms with Crippen LogP contribution in [0.25, 0.3) is 0 Å². The van der Waals surface area contributed by atoms with Crippen LogP contribution >= 0.6 is 0 Å². The van der Waals surface area contributed by atoms with Crippen LogP contribution in [-0.4, -0.2) is 49.2 Å². The van der Waals surface area contributed by atoms with Crippen molar-refractivity contribution >= 4 is 5.69 Å². The van der Waals surface area contributed by atoms with Crippen molar-refractivity contribution in [3.8, 4) is 0 Å². The van der Waals surface area contributed by atoms with Crippen LogP contribution in [0.2, 0.25) is 0 Å². The Balaban J connectivity index is 1.93. The molecule has 6 heteroatoms. The molecule has 21 heavy (non-hydrogen) atoms. The van der Waals surface area contributed by atoms with E-state index in [4.69, 9.17) is 4.74 Å². The Labute approximate surface area is 126 Å². The number of hydrogen-bond acceptors (Lipinski definition) is 5. The lowest BCUT2D eigenvalue weighted by Gasteiger charge is -2.18. The molecule has 1 aromatic rings. The predicted octanol–water partition coefficient (Wildman–Crippen LogP) is 0.857. The van der Waals surface area contributed by atoms with Gasteiger partial charge in [-0.3, -0.25) is 4.79 Å². The van der Waals surface area contributed by atoms with Gasteiger partial charge in [0.05, 0.1) is 18.0 Å². The van der Waals surface area contributed by atoms with E-state index in [2.05, 4.69) is 22.2 Å². The summed E-state index contributed by atoms with van der Waals surface area (Å²) in [4.78, 5) is 14.3. The summed E-state index contributed by atoms with van der Waals surface area (Å²) in [7, 11) is 3.68. The summed E-state index contributed by atoms with van der Waals surface area (Å²) < 4.78 is 6.90. The number of aromatic nitrogens is 2. The maximum absolute atomic E-state index is 12.1. The SMILES string of the molecule is CNC(C)CCCn1ncc(N2CCC(OC)C2)cc1=O. The zero-order valence-corrected chi connectivity index (χ0v) is 13.2. The van der Waals surface area contributed by atoms with Crippen LogP contribution in [-0.2, 0) is 11.3 Å². The average Bonchev–Trinajstić information content (AvgIpc) is 2.97. The van der Waals surface area contributed by atoms with Gasteiger partial charge in [0.1, 0.15) is 0 Å². The summed E-state index contributed by atoms with van der Waals surface area (Å²) in [5, 5.41) is 7.49. The highest BCUT2D eigenvalue weighted by Gasteiger charge is 2.22. The van der Waals surface area contributed by atoms with Crippen molar-refractivity contribution in [2.75, 3.05) is 32.1 Å². The minimum Gasteiger partial charge on any atom is -0.380 e. The topological polar surface area (TPSA) is 59.4 Å². The van der Waals surface area contributed by atoms with E-state index in [0.29, 0.717) is 12.6 Å². The first kappa shape index (κ1) is 16.0. The van der Waals surface area contributed by atoms with Crippen molar-refractivity contribution in [1.29, 1.82) is 0 Å². The molecule has 0 aromatic carbocycles. The van der Waals surface area contributed by atoms with Crippen molar-refractivity contribution in [1.82, 2.24) is 15.1 Å². The monoisotopic (exact) mass is 294 g/mol. The van der Waals surface area contributed by atoms with E-state index in [1.54, 1.807) is 24.1 Å². The summed E-state index contributed by atoms with van der Waals surface area (Å²) in [6.07, 6.45) is 5.04. The van der Waals surface area contributed by atoms with E-state index in [1.807, 2.05) is 7.05 Å². The number of nitrogens with zero attached hydrogens (tertiary/aromatic N) is 3. The van der Waals surface area contributed by atoms with Crippen LogP contribution in [0.3, 0.4) is 0 Å². The number of ether oxygens (including phenoxy) is 1. The first-order valence-corrected chi connectivity index (χ1v) is 7.66. The zero-order chi connectivity index (χ0) is 15.2. The maximum Gasteiger partial charge on any atom is 0.268 e. The summed E-state index contributed by atoms with van der Waals surface area (Å²) in [5.41, 5.74) is 0.880. The molecule has 1 saturated heterocycles. The van der Waals surface area contributed by atoms with Crippen molar-refractivity contribution in [3.05, 3.63) is 22.6 Å². The molecule has 1 N–H and O–H groups in total. The Morgan fingerprint density at radius 1 is 1.57 bits per heavy atom. The fourth-order valence-electron chi connectivity index (χ4n) is 2.61. The number of hydrogen-bond donors (Lipinski definition) is 1. The van der Waals surface area contributed by atoms with Gasteiger partial charge in [-0.2, -0.15) is 5.10 Å². The summed E-state index contributed by atoms with van der Waals surface area (Å²) in [6.45, 7) is 4.56. The molecule has 2 atom stereocenters. The summed E-state index contributed by atoms with van der Waals surface area (Å²) >= 11 is 0. The third-order valence-corrected chi connectivity index (χ3v) is 4.20. The lowest BCUT2D eigenvalue weighted by molar-refractivity contribution is 0.121. The van der Waals surface area contributed by atoms with Crippen LogP contribution in [0, 0.1) is 0 Å². The Hall–Kier alpha value is -1.40.